The van der Waals surface area contributed by atoms with E-state index in [2.05, 4.69) is 4.98 Å². The molecule has 0 bridgehead atoms. The second-order valence-electron chi connectivity index (χ2n) is 5.00. The molecule has 0 aromatic carbocycles. The Kier molecular flexibility index (Phi) is 5.14. The highest BCUT2D eigenvalue weighted by Crippen LogP contribution is 2.21. The summed E-state index contributed by atoms with van der Waals surface area (Å²) in [5.74, 6) is -1.13. The molecular weight excluding hydrogens is 296 g/mol. The lowest BCUT2D eigenvalue weighted by atomic mass is 10.1. The Morgan fingerprint density at radius 3 is 2.71 bits per heavy atom. The maximum atomic E-state index is 12.4. The summed E-state index contributed by atoms with van der Waals surface area (Å²) in [6.07, 6.45) is 2.62. The monoisotopic (exact) mass is 312 g/mol. The number of carbonyl (C=O) groups excluding carboxylic acids is 1. The highest BCUT2D eigenvalue weighted by molar-refractivity contribution is 6.33. The van der Waals surface area contributed by atoms with Gasteiger partial charge in [0.2, 0.25) is 0 Å². The minimum Gasteiger partial charge on any atom is -0.480 e. The van der Waals surface area contributed by atoms with Crippen molar-refractivity contribution in [2.75, 3.05) is 19.7 Å². The molecule has 114 valence electrons. The standard InChI is InChI=1S/C14H17ClN2O4/c1-9-6-12(15)11(7-16-9)14(20)17-4-2-10(3-5-17)21-8-13(18)19/h6-7,10H,2-5,8H2,1H3,(H,18,19). The van der Waals surface area contributed by atoms with E-state index in [1.807, 2.05) is 6.92 Å². The molecule has 21 heavy (non-hydrogen) atoms. The van der Waals surface area contributed by atoms with Gasteiger partial charge in [0.05, 0.1) is 16.7 Å². The molecule has 0 aliphatic carbocycles. The molecule has 1 N–H and O–H groups in total. The zero-order valence-corrected chi connectivity index (χ0v) is 12.5. The molecule has 1 aliphatic heterocycles. The number of nitrogens with zero attached hydrogens (tertiary/aromatic N) is 2. The predicted octanol–water partition coefficient (Wildman–Crippen LogP) is 1.75. The van der Waals surface area contributed by atoms with Crippen molar-refractivity contribution in [2.24, 2.45) is 0 Å². The van der Waals surface area contributed by atoms with E-state index in [9.17, 15) is 9.59 Å². The van der Waals surface area contributed by atoms with Crippen molar-refractivity contribution in [3.63, 3.8) is 0 Å². The lowest BCUT2D eigenvalue weighted by molar-refractivity contribution is -0.145. The topological polar surface area (TPSA) is 79.7 Å². The Hall–Kier alpha value is -1.66. The van der Waals surface area contributed by atoms with Crippen molar-refractivity contribution in [3.05, 3.63) is 28.5 Å². The molecule has 1 aromatic heterocycles. The van der Waals surface area contributed by atoms with E-state index in [0.29, 0.717) is 36.5 Å². The van der Waals surface area contributed by atoms with Crippen LogP contribution in [-0.2, 0) is 9.53 Å². The number of likely N-dealkylation sites (tertiary alicyclic amines) is 1. The van der Waals surface area contributed by atoms with Crippen molar-refractivity contribution < 1.29 is 19.4 Å². The van der Waals surface area contributed by atoms with Gasteiger partial charge in [-0.2, -0.15) is 0 Å². The summed E-state index contributed by atoms with van der Waals surface area (Å²) in [5.41, 5.74) is 1.16. The molecule has 6 nitrogen and oxygen atoms in total. The van der Waals surface area contributed by atoms with Crippen LogP contribution < -0.4 is 0 Å². The van der Waals surface area contributed by atoms with Gasteiger partial charge in [0, 0.05) is 25.0 Å². The first-order chi connectivity index (χ1) is 9.97. The molecule has 1 amide bonds. The molecular formula is C14H17ClN2O4. The fourth-order valence-corrected chi connectivity index (χ4v) is 2.56. The van der Waals surface area contributed by atoms with Gasteiger partial charge < -0.3 is 14.7 Å². The summed E-state index contributed by atoms with van der Waals surface area (Å²) in [4.78, 5) is 28.6. The van der Waals surface area contributed by atoms with Crippen molar-refractivity contribution >= 4 is 23.5 Å². The number of amides is 1. The molecule has 1 aliphatic rings. The van der Waals surface area contributed by atoms with E-state index >= 15 is 0 Å². The molecule has 1 fully saturated rings. The third-order valence-corrected chi connectivity index (χ3v) is 3.71. The molecule has 1 saturated heterocycles. The molecule has 0 saturated carbocycles. The van der Waals surface area contributed by atoms with Gasteiger partial charge in [-0.05, 0) is 25.8 Å². The molecule has 2 heterocycles. The summed E-state index contributed by atoms with van der Waals surface area (Å²) in [6.45, 7) is 2.55. The fraction of sp³-hybridized carbons (Fsp3) is 0.500. The van der Waals surface area contributed by atoms with E-state index < -0.39 is 5.97 Å². The van der Waals surface area contributed by atoms with Crippen LogP contribution >= 0.6 is 11.6 Å². The highest BCUT2D eigenvalue weighted by atomic mass is 35.5. The molecule has 0 atom stereocenters. The van der Waals surface area contributed by atoms with Crippen LogP contribution in [0.3, 0.4) is 0 Å². The summed E-state index contributed by atoms with van der Waals surface area (Å²) in [5, 5.41) is 8.97. The lowest BCUT2D eigenvalue weighted by Crippen LogP contribution is -2.41. The maximum absolute atomic E-state index is 12.4. The minimum absolute atomic E-state index is 0.114. The average molecular weight is 313 g/mol. The van der Waals surface area contributed by atoms with E-state index in [1.165, 1.54) is 6.20 Å². The van der Waals surface area contributed by atoms with Crippen LogP contribution in [0.15, 0.2) is 12.3 Å². The van der Waals surface area contributed by atoms with Gasteiger partial charge >= 0.3 is 5.97 Å². The van der Waals surface area contributed by atoms with Gasteiger partial charge in [0.25, 0.3) is 5.91 Å². The van der Waals surface area contributed by atoms with Gasteiger partial charge in [-0.1, -0.05) is 11.6 Å². The Bertz CT molecular complexity index is 542. The number of carbonyl (C=O) groups is 2. The third-order valence-electron chi connectivity index (χ3n) is 3.39. The van der Waals surface area contributed by atoms with Gasteiger partial charge in [-0.15, -0.1) is 0 Å². The van der Waals surface area contributed by atoms with Crippen LogP contribution in [0.1, 0.15) is 28.9 Å². The van der Waals surface area contributed by atoms with Crippen molar-refractivity contribution in [2.45, 2.75) is 25.9 Å². The van der Waals surface area contributed by atoms with Crippen LogP contribution in [0.4, 0.5) is 0 Å². The summed E-state index contributed by atoms with van der Waals surface area (Å²) >= 11 is 6.08. The van der Waals surface area contributed by atoms with Gasteiger partial charge in [-0.3, -0.25) is 9.78 Å². The molecule has 0 spiro atoms. The van der Waals surface area contributed by atoms with E-state index in [-0.39, 0.29) is 18.6 Å². The number of aliphatic carboxylic acids is 1. The quantitative estimate of drug-likeness (QED) is 0.916. The van der Waals surface area contributed by atoms with Gasteiger partial charge in [0.1, 0.15) is 6.61 Å². The number of piperidine rings is 1. The lowest BCUT2D eigenvalue weighted by Gasteiger charge is -2.31. The number of ether oxygens (including phenoxy) is 1. The normalized spacial score (nSPS) is 16.0. The second kappa shape index (κ2) is 6.87. The number of pyridine rings is 1. The molecule has 0 radical (unpaired) electrons. The van der Waals surface area contributed by atoms with Crippen LogP contribution in [0.25, 0.3) is 0 Å². The first-order valence-electron chi connectivity index (χ1n) is 6.72. The molecule has 0 unspecified atom stereocenters. The number of halogens is 1. The second-order valence-corrected chi connectivity index (χ2v) is 5.41. The number of hydrogen-bond acceptors (Lipinski definition) is 4. The van der Waals surface area contributed by atoms with E-state index in [0.717, 1.165) is 5.69 Å². The summed E-state index contributed by atoms with van der Waals surface area (Å²) in [6, 6.07) is 1.66. The van der Waals surface area contributed by atoms with Gasteiger partial charge in [-0.25, -0.2) is 4.79 Å². The minimum atomic E-state index is -0.981. The van der Waals surface area contributed by atoms with Crippen molar-refractivity contribution in [3.8, 4) is 0 Å². The molecule has 2 rings (SSSR count). The molecule has 7 heteroatoms. The number of carboxylic acids is 1. The Morgan fingerprint density at radius 2 is 2.14 bits per heavy atom. The molecule has 1 aromatic rings. The number of hydrogen-bond donors (Lipinski definition) is 1. The maximum Gasteiger partial charge on any atom is 0.329 e. The largest absolute Gasteiger partial charge is 0.480 e. The Labute approximate surface area is 127 Å². The van der Waals surface area contributed by atoms with Crippen LogP contribution in [0, 0.1) is 6.92 Å². The third kappa shape index (κ3) is 4.15. The zero-order chi connectivity index (χ0) is 15.4. The summed E-state index contributed by atoms with van der Waals surface area (Å²) in [7, 11) is 0. The highest BCUT2D eigenvalue weighted by Gasteiger charge is 2.25. The number of rotatable bonds is 4. The number of aromatic nitrogens is 1. The Morgan fingerprint density at radius 1 is 1.48 bits per heavy atom. The first kappa shape index (κ1) is 15.7. The zero-order valence-electron chi connectivity index (χ0n) is 11.7. The van der Waals surface area contributed by atoms with Crippen molar-refractivity contribution in [1.82, 2.24) is 9.88 Å². The fourth-order valence-electron chi connectivity index (χ4n) is 2.27. The van der Waals surface area contributed by atoms with Crippen LogP contribution in [0.5, 0.6) is 0 Å². The average Bonchev–Trinajstić information content (AvgIpc) is 2.45. The number of aryl methyl sites for hydroxylation is 1. The van der Waals surface area contributed by atoms with Crippen molar-refractivity contribution in [1.29, 1.82) is 0 Å². The van der Waals surface area contributed by atoms with E-state index in [4.69, 9.17) is 21.4 Å². The van der Waals surface area contributed by atoms with Crippen LogP contribution in [-0.4, -0.2) is 52.7 Å². The SMILES string of the molecule is Cc1cc(Cl)c(C(=O)N2CCC(OCC(=O)O)CC2)cn1. The Balaban J connectivity index is 1.92. The van der Waals surface area contributed by atoms with Gasteiger partial charge in [0.15, 0.2) is 0 Å². The van der Waals surface area contributed by atoms with Crippen LogP contribution in [0.2, 0.25) is 5.02 Å². The smallest absolute Gasteiger partial charge is 0.329 e. The first-order valence-corrected chi connectivity index (χ1v) is 7.10. The van der Waals surface area contributed by atoms with E-state index in [1.54, 1.807) is 11.0 Å². The predicted molar refractivity (Wildman–Crippen MR) is 76.5 cm³/mol. The summed E-state index contributed by atoms with van der Waals surface area (Å²) < 4.78 is 5.24. The number of carboxylic acid groups (broad SMARTS) is 1.